The maximum Gasteiger partial charge on any atom is 0.0252 e. The van der Waals surface area contributed by atoms with Crippen molar-refractivity contribution in [3.8, 4) is 0 Å². The number of nitrogens with one attached hydrogen (secondary N) is 1. The van der Waals surface area contributed by atoms with Crippen molar-refractivity contribution >= 4 is 0 Å². The molecular formula is C15H31N. The fraction of sp³-hybridized carbons (Fsp3) is 0.867. The highest BCUT2D eigenvalue weighted by Gasteiger charge is 2.03. The third-order valence-corrected chi connectivity index (χ3v) is 2.81. The molecule has 0 aliphatic heterocycles. The van der Waals surface area contributed by atoms with E-state index in [2.05, 4.69) is 39.1 Å². The normalized spacial score (nSPS) is 12.5. The summed E-state index contributed by atoms with van der Waals surface area (Å²) in [5, 5.41) is 3.62. The second kappa shape index (κ2) is 11.2. The van der Waals surface area contributed by atoms with Crippen LogP contribution < -0.4 is 5.32 Å². The largest absolute Gasteiger partial charge is 0.311 e. The lowest BCUT2D eigenvalue weighted by Crippen LogP contribution is -2.28. The highest BCUT2D eigenvalue weighted by atomic mass is 14.9. The van der Waals surface area contributed by atoms with Gasteiger partial charge in [0, 0.05) is 6.04 Å². The van der Waals surface area contributed by atoms with Crippen LogP contribution in [0.25, 0.3) is 0 Å². The number of hydrogen-bond acceptors (Lipinski definition) is 1. The van der Waals surface area contributed by atoms with Gasteiger partial charge >= 0.3 is 0 Å². The fourth-order valence-electron chi connectivity index (χ4n) is 1.94. The molecule has 0 bridgehead atoms. The van der Waals surface area contributed by atoms with Gasteiger partial charge in [0.1, 0.15) is 0 Å². The number of unbranched alkanes of at least 4 members (excludes halogenated alkanes) is 4. The average Bonchev–Trinajstić information content (AvgIpc) is 2.24. The molecule has 1 nitrogen and oxygen atoms in total. The number of rotatable bonds is 10. The lowest BCUT2D eigenvalue weighted by molar-refractivity contribution is 0.510. The van der Waals surface area contributed by atoms with E-state index in [1.807, 2.05) is 0 Å². The van der Waals surface area contributed by atoms with Crippen LogP contribution in [0, 0.1) is 0 Å². The molecule has 0 aromatic heterocycles. The molecule has 0 aromatic rings. The Labute approximate surface area is 103 Å². The van der Waals surface area contributed by atoms with Crippen molar-refractivity contribution in [2.45, 2.75) is 78.7 Å². The Morgan fingerprint density at radius 1 is 1.00 bits per heavy atom. The van der Waals surface area contributed by atoms with Gasteiger partial charge in [-0.3, -0.25) is 0 Å². The lowest BCUT2D eigenvalue weighted by Gasteiger charge is -2.15. The Hall–Kier alpha value is -0.300. The van der Waals surface area contributed by atoms with Gasteiger partial charge in [-0.15, -0.1) is 0 Å². The van der Waals surface area contributed by atoms with Crippen LogP contribution in [0.3, 0.4) is 0 Å². The zero-order valence-electron chi connectivity index (χ0n) is 11.8. The van der Waals surface area contributed by atoms with Gasteiger partial charge in [-0.2, -0.15) is 0 Å². The van der Waals surface area contributed by atoms with Gasteiger partial charge in [-0.05, 0) is 33.2 Å². The monoisotopic (exact) mass is 225 g/mol. The van der Waals surface area contributed by atoms with Crippen LogP contribution in [0.15, 0.2) is 11.6 Å². The third-order valence-electron chi connectivity index (χ3n) is 2.81. The van der Waals surface area contributed by atoms with Crippen LogP contribution >= 0.6 is 0 Å². The first-order valence-corrected chi connectivity index (χ1v) is 7.09. The highest BCUT2D eigenvalue weighted by molar-refractivity contribution is 5.00. The Morgan fingerprint density at radius 3 is 2.25 bits per heavy atom. The van der Waals surface area contributed by atoms with E-state index in [0.29, 0.717) is 6.04 Å². The van der Waals surface area contributed by atoms with Gasteiger partial charge in [-0.25, -0.2) is 0 Å². The van der Waals surface area contributed by atoms with Gasteiger partial charge in [0.15, 0.2) is 0 Å². The van der Waals surface area contributed by atoms with Crippen LogP contribution in [0.1, 0.15) is 72.6 Å². The van der Waals surface area contributed by atoms with E-state index in [-0.39, 0.29) is 0 Å². The molecule has 0 amide bonds. The molecule has 0 spiro atoms. The molecule has 0 saturated heterocycles. The lowest BCUT2D eigenvalue weighted by atomic mass is 10.0. The van der Waals surface area contributed by atoms with E-state index in [9.17, 15) is 0 Å². The molecule has 1 N–H and O–H groups in total. The van der Waals surface area contributed by atoms with Gasteiger partial charge in [0.2, 0.25) is 0 Å². The zero-order chi connectivity index (χ0) is 12.2. The van der Waals surface area contributed by atoms with Crippen molar-refractivity contribution < 1.29 is 0 Å². The molecule has 0 aliphatic carbocycles. The first-order valence-electron chi connectivity index (χ1n) is 7.09. The first-order chi connectivity index (χ1) is 7.70. The minimum atomic E-state index is 0.603. The topological polar surface area (TPSA) is 12.0 Å². The predicted molar refractivity (Wildman–Crippen MR) is 74.9 cm³/mol. The molecule has 96 valence electrons. The maximum absolute atomic E-state index is 3.62. The summed E-state index contributed by atoms with van der Waals surface area (Å²) >= 11 is 0. The van der Waals surface area contributed by atoms with Crippen LogP contribution in [-0.4, -0.2) is 12.6 Å². The second-order valence-corrected chi connectivity index (χ2v) is 5.01. The number of hydrogen-bond donors (Lipinski definition) is 1. The summed E-state index contributed by atoms with van der Waals surface area (Å²) < 4.78 is 0. The second-order valence-electron chi connectivity index (χ2n) is 5.01. The molecule has 0 radical (unpaired) electrons. The molecule has 16 heavy (non-hydrogen) atoms. The molecule has 1 heteroatoms. The molecule has 1 atom stereocenters. The van der Waals surface area contributed by atoms with Crippen molar-refractivity contribution in [1.29, 1.82) is 0 Å². The van der Waals surface area contributed by atoms with Gasteiger partial charge in [0.05, 0.1) is 0 Å². The van der Waals surface area contributed by atoms with Crippen molar-refractivity contribution in [3.63, 3.8) is 0 Å². The average molecular weight is 225 g/mol. The van der Waals surface area contributed by atoms with E-state index in [0.717, 1.165) is 6.54 Å². The summed E-state index contributed by atoms with van der Waals surface area (Å²) in [5.41, 5.74) is 1.43. The molecule has 1 unspecified atom stereocenters. The minimum Gasteiger partial charge on any atom is -0.311 e. The Morgan fingerprint density at radius 2 is 1.69 bits per heavy atom. The van der Waals surface area contributed by atoms with Gasteiger partial charge in [0.25, 0.3) is 0 Å². The van der Waals surface area contributed by atoms with E-state index in [1.54, 1.807) is 0 Å². The van der Waals surface area contributed by atoms with E-state index >= 15 is 0 Å². The highest BCUT2D eigenvalue weighted by Crippen LogP contribution is 2.09. The summed E-state index contributed by atoms with van der Waals surface area (Å²) in [6, 6.07) is 0.603. The van der Waals surface area contributed by atoms with Gasteiger partial charge in [-0.1, -0.05) is 57.6 Å². The van der Waals surface area contributed by atoms with E-state index < -0.39 is 0 Å². The zero-order valence-corrected chi connectivity index (χ0v) is 11.8. The predicted octanol–water partition coefficient (Wildman–Crippen LogP) is 4.68. The van der Waals surface area contributed by atoms with Crippen LogP contribution in [0.4, 0.5) is 0 Å². The van der Waals surface area contributed by atoms with Crippen LogP contribution in [0.2, 0.25) is 0 Å². The smallest absolute Gasteiger partial charge is 0.0252 e. The van der Waals surface area contributed by atoms with Gasteiger partial charge < -0.3 is 5.32 Å². The van der Waals surface area contributed by atoms with Crippen molar-refractivity contribution in [2.24, 2.45) is 0 Å². The Bertz CT molecular complexity index is 168. The molecular weight excluding hydrogens is 194 g/mol. The van der Waals surface area contributed by atoms with Crippen molar-refractivity contribution in [2.75, 3.05) is 6.54 Å². The summed E-state index contributed by atoms with van der Waals surface area (Å²) in [7, 11) is 0. The molecule has 0 rings (SSSR count). The summed E-state index contributed by atoms with van der Waals surface area (Å²) in [4.78, 5) is 0. The fourth-order valence-corrected chi connectivity index (χ4v) is 1.94. The molecule has 0 aromatic carbocycles. The minimum absolute atomic E-state index is 0.603. The van der Waals surface area contributed by atoms with E-state index in [1.165, 1.54) is 50.5 Å². The third kappa shape index (κ3) is 10.2. The molecule has 0 heterocycles. The Kier molecular flexibility index (Phi) is 11.0. The standard InChI is InChI=1S/C15H31N/c1-5-7-8-9-10-11-15(13-14(3)4)16-12-6-2/h13,15-16H,5-12H2,1-4H3. The molecule has 0 fully saturated rings. The number of allylic oxidation sites excluding steroid dienone is 1. The first kappa shape index (κ1) is 15.7. The summed E-state index contributed by atoms with van der Waals surface area (Å²) in [6.45, 7) is 10.0. The summed E-state index contributed by atoms with van der Waals surface area (Å²) in [5.74, 6) is 0. The van der Waals surface area contributed by atoms with Crippen molar-refractivity contribution in [3.05, 3.63) is 11.6 Å². The quantitative estimate of drug-likeness (QED) is 0.420. The van der Waals surface area contributed by atoms with Crippen LogP contribution in [-0.2, 0) is 0 Å². The van der Waals surface area contributed by atoms with Crippen molar-refractivity contribution in [1.82, 2.24) is 5.32 Å². The SMILES string of the molecule is CCCCCCCC(C=C(C)C)NCCC. The molecule has 0 saturated carbocycles. The van der Waals surface area contributed by atoms with E-state index in [4.69, 9.17) is 0 Å². The van der Waals surface area contributed by atoms with Crippen LogP contribution in [0.5, 0.6) is 0 Å². The molecule has 0 aliphatic rings. The summed E-state index contributed by atoms with van der Waals surface area (Å²) in [6.07, 6.45) is 11.8. The Balaban J connectivity index is 3.70. The maximum atomic E-state index is 3.62.